The maximum absolute atomic E-state index is 12.9. The van der Waals surface area contributed by atoms with E-state index in [9.17, 15) is 9.59 Å². The van der Waals surface area contributed by atoms with Crippen LogP contribution in [0.25, 0.3) is 21.7 Å². The first kappa shape index (κ1) is 19.6. The summed E-state index contributed by atoms with van der Waals surface area (Å²) in [7, 11) is 0. The van der Waals surface area contributed by atoms with Crippen LogP contribution in [0.3, 0.4) is 0 Å². The Balaban J connectivity index is 1.45. The molecule has 0 atom stereocenters. The molecule has 7 heteroatoms. The molecule has 3 aromatic heterocycles. The fourth-order valence-corrected chi connectivity index (χ4v) is 3.64. The highest BCUT2D eigenvalue weighted by atomic mass is 16.2. The van der Waals surface area contributed by atoms with Crippen LogP contribution in [-0.2, 0) is 13.1 Å². The fraction of sp³-hybridized carbons (Fsp3) is 0.0800. The van der Waals surface area contributed by atoms with E-state index >= 15 is 0 Å². The van der Waals surface area contributed by atoms with Crippen LogP contribution in [0.15, 0.2) is 89.9 Å². The number of pyridine rings is 2. The largest absolute Gasteiger partial charge is 0.345 e. The molecule has 0 aliphatic carbocycles. The van der Waals surface area contributed by atoms with E-state index in [1.165, 1.54) is 4.68 Å². The SMILES string of the molecule is O=C(NCc1nn(Cc2ccccn2)c(=O)c2ccccc12)c1ccc2ccccc2n1. The Labute approximate surface area is 183 Å². The van der Waals surface area contributed by atoms with E-state index in [1.54, 1.807) is 18.3 Å². The van der Waals surface area contributed by atoms with E-state index in [2.05, 4.69) is 20.4 Å². The van der Waals surface area contributed by atoms with Gasteiger partial charge in [-0.1, -0.05) is 48.5 Å². The van der Waals surface area contributed by atoms with Crippen molar-refractivity contribution in [2.45, 2.75) is 13.1 Å². The highest BCUT2D eigenvalue weighted by Crippen LogP contribution is 2.15. The van der Waals surface area contributed by atoms with Crippen molar-refractivity contribution in [1.29, 1.82) is 0 Å². The lowest BCUT2D eigenvalue weighted by Crippen LogP contribution is -2.29. The van der Waals surface area contributed by atoms with Gasteiger partial charge in [0.1, 0.15) is 5.69 Å². The molecule has 0 aliphatic heterocycles. The standard InChI is InChI=1S/C25H19N5O2/c31-24(22-13-12-17-7-1-4-11-21(17)28-22)27-15-23-19-9-2-3-10-20(19)25(32)30(29-23)16-18-8-5-6-14-26-18/h1-14H,15-16H2,(H,27,31). The summed E-state index contributed by atoms with van der Waals surface area (Å²) in [4.78, 5) is 34.4. The molecule has 0 spiro atoms. The van der Waals surface area contributed by atoms with Gasteiger partial charge < -0.3 is 5.32 Å². The first-order valence-electron chi connectivity index (χ1n) is 10.2. The zero-order valence-electron chi connectivity index (χ0n) is 17.1. The van der Waals surface area contributed by atoms with Gasteiger partial charge in [0.2, 0.25) is 0 Å². The Kier molecular flexibility index (Phi) is 5.13. The number of carbonyl (C=O) groups is 1. The highest BCUT2D eigenvalue weighted by Gasteiger charge is 2.13. The number of fused-ring (bicyclic) bond motifs is 2. The summed E-state index contributed by atoms with van der Waals surface area (Å²) in [5, 5.41) is 9.66. The summed E-state index contributed by atoms with van der Waals surface area (Å²) in [6.07, 6.45) is 1.68. The summed E-state index contributed by atoms with van der Waals surface area (Å²) in [5.41, 5.74) is 2.22. The van der Waals surface area contributed by atoms with Crippen LogP contribution in [-0.4, -0.2) is 25.7 Å². The topological polar surface area (TPSA) is 89.8 Å². The number of carbonyl (C=O) groups excluding carboxylic acids is 1. The normalized spacial score (nSPS) is 11.0. The first-order chi connectivity index (χ1) is 15.7. The number of hydrogen-bond acceptors (Lipinski definition) is 5. The predicted molar refractivity (Wildman–Crippen MR) is 122 cm³/mol. The van der Waals surface area contributed by atoms with Gasteiger partial charge in [0.15, 0.2) is 0 Å². The van der Waals surface area contributed by atoms with Crippen molar-refractivity contribution < 1.29 is 4.79 Å². The Hall–Kier alpha value is -4.39. The van der Waals surface area contributed by atoms with Crippen molar-refractivity contribution in [2.24, 2.45) is 0 Å². The smallest absolute Gasteiger partial charge is 0.275 e. The zero-order chi connectivity index (χ0) is 21.9. The van der Waals surface area contributed by atoms with Crippen LogP contribution >= 0.6 is 0 Å². The van der Waals surface area contributed by atoms with Crippen molar-refractivity contribution in [1.82, 2.24) is 25.1 Å². The molecule has 32 heavy (non-hydrogen) atoms. The summed E-state index contributed by atoms with van der Waals surface area (Å²) in [5.74, 6) is -0.302. The van der Waals surface area contributed by atoms with E-state index in [1.807, 2.05) is 66.7 Å². The van der Waals surface area contributed by atoms with Gasteiger partial charge in [-0.3, -0.25) is 14.6 Å². The molecule has 2 aromatic carbocycles. The minimum absolute atomic E-state index is 0.163. The van der Waals surface area contributed by atoms with Crippen molar-refractivity contribution in [3.05, 3.63) is 112 Å². The zero-order valence-corrected chi connectivity index (χ0v) is 17.1. The molecular formula is C25H19N5O2. The number of benzene rings is 2. The van der Waals surface area contributed by atoms with Gasteiger partial charge in [-0.25, -0.2) is 9.67 Å². The highest BCUT2D eigenvalue weighted by molar-refractivity contribution is 5.95. The molecule has 0 saturated heterocycles. The van der Waals surface area contributed by atoms with Crippen LogP contribution in [0, 0.1) is 0 Å². The molecule has 0 saturated carbocycles. The second kappa shape index (κ2) is 8.39. The second-order valence-electron chi connectivity index (χ2n) is 7.35. The minimum atomic E-state index is -0.302. The average Bonchev–Trinajstić information content (AvgIpc) is 2.85. The van der Waals surface area contributed by atoms with Crippen LogP contribution < -0.4 is 10.9 Å². The lowest BCUT2D eigenvalue weighted by molar-refractivity contribution is 0.0945. The van der Waals surface area contributed by atoms with Gasteiger partial charge in [0, 0.05) is 17.0 Å². The first-order valence-corrected chi connectivity index (χ1v) is 10.2. The lowest BCUT2D eigenvalue weighted by atomic mass is 10.1. The van der Waals surface area contributed by atoms with Gasteiger partial charge in [-0.15, -0.1) is 0 Å². The maximum atomic E-state index is 12.9. The third-order valence-corrected chi connectivity index (χ3v) is 5.23. The maximum Gasteiger partial charge on any atom is 0.275 e. The summed E-state index contributed by atoms with van der Waals surface area (Å²) in [6, 6.07) is 24.0. The Morgan fingerprint density at radius 2 is 1.66 bits per heavy atom. The molecule has 0 unspecified atom stereocenters. The molecule has 5 rings (SSSR count). The molecule has 0 bridgehead atoms. The van der Waals surface area contributed by atoms with Gasteiger partial charge in [-0.2, -0.15) is 5.10 Å². The second-order valence-corrected chi connectivity index (χ2v) is 7.35. The van der Waals surface area contributed by atoms with Crippen molar-refractivity contribution in [3.8, 4) is 0 Å². The molecule has 156 valence electrons. The number of nitrogens with zero attached hydrogens (tertiary/aromatic N) is 4. The van der Waals surface area contributed by atoms with E-state index < -0.39 is 0 Å². The number of aromatic nitrogens is 4. The predicted octanol–water partition coefficient (Wildman–Crippen LogP) is 3.32. The Morgan fingerprint density at radius 3 is 2.50 bits per heavy atom. The Morgan fingerprint density at radius 1 is 0.875 bits per heavy atom. The van der Waals surface area contributed by atoms with E-state index in [4.69, 9.17) is 0 Å². The van der Waals surface area contributed by atoms with Gasteiger partial charge >= 0.3 is 0 Å². The van der Waals surface area contributed by atoms with Crippen LogP contribution in [0.2, 0.25) is 0 Å². The van der Waals surface area contributed by atoms with Gasteiger partial charge in [0.25, 0.3) is 11.5 Å². The monoisotopic (exact) mass is 421 g/mol. The molecule has 0 fully saturated rings. The van der Waals surface area contributed by atoms with E-state index in [0.717, 1.165) is 16.6 Å². The number of amides is 1. The van der Waals surface area contributed by atoms with E-state index in [0.29, 0.717) is 22.2 Å². The van der Waals surface area contributed by atoms with Crippen LogP contribution in [0.4, 0.5) is 0 Å². The summed E-state index contributed by atoms with van der Waals surface area (Å²) in [6.45, 7) is 0.411. The lowest BCUT2D eigenvalue weighted by Gasteiger charge is -2.12. The molecule has 1 N–H and O–H groups in total. The van der Waals surface area contributed by atoms with Crippen molar-refractivity contribution in [2.75, 3.05) is 0 Å². The quantitative estimate of drug-likeness (QED) is 0.470. The number of rotatable bonds is 5. The number of hydrogen-bond donors (Lipinski definition) is 1. The number of para-hydroxylation sites is 1. The summed E-state index contributed by atoms with van der Waals surface area (Å²) >= 11 is 0. The average molecular weight is 421 g/mol. The van der Waals surface area contributed by atoms with Crippen LogP contribution in [0.5, 0.6) is 0 Å². The number of nitrogens with one attached hydrogen (secondary N) is 1. The Bertz CT molecular complexity index is 1500. The molecule has 0 radical (unpaired) electrons. The molecule has 0 aliphatic rings. The van der Waals surface area contributed by atoms with Gasteiger partial charge in [-0.05, 0) is 30.3 Å². The molecular weight excluding hydrogens is 402 g/mol. The van der Waals surface area contributed by atoms with Crippen molar-refractivity contribution in [3.63, 3.8) is 0 Å². The minimum Gasteiger partial charge on any atom is -0.345 e. The van der Waals surface area contributed by atoms with Crippen LogP contribution in [0.1, 0.15) is 21.9 Å². The third-order valence-electron chi connectivity index (χ3n) is 5.23. The fourth-order valence-electron chi connectivity index (χ4n) is 3.64. The molecule has 5 aromatic rings. The molecule has 7 nitrogen and oxygen atoms in total. The summed E-state index contributed by atoms with van der Waals surface area (Å²) < 4.78 is 1.39. The van der Waals surface area contributed by atoms with E-state index in [-0.39, 0.29) is 24.6 Å². The third kappa shape index (κ3) is 3.83. The molecule has 1 amide bonds. The molecule has 3 heterocycles. The van der Waals surface area contributed by atoms with Crippen molar-refractivity contribution >= 4 is 27.6 Å². The van der Waals surface area contributed by atoms with Gasteiger partial charge in [0.05, 0.1) is 35.4 Å².